The van der Waals surface area contributed by atoms with Gasteiger partial charge >= 0.3 is 0 Å². The van der Waals surface area contributed by atoms with Gasteiger partial charge in [0, 0.05) is 24.7 Å². The molecule has 126 valence electrons. The van der Waals surface area contributed by atoms with E-state index in [1.165, 1.54) is 13.8 Å². The Morgan fingerprint density at radius 3 is 2.19 bits per heavy atom. The van der Waals surface area contributed by atoms with Crippen LogP contribution in [0.15, 0.2) is 0 Å². The molecule has 21 heavy (non-hydrogen) atoms. The van der Waals surface area contributed by atoms with E-state index in [0.717, 1.165) is 19.3 Å². The van der Waals surface area contributed by atoms with E-state index in [1.807, 2.05) is 0 Å². The van der Waals surface area contributed by atoms with Crippen LogP contribution in [0.25, 0.3) is 0 Å². The Hall–Kier alpha value is -0.180. The first-order valence-electron chi connectivity index (χ1n) is 7.49. The maximum atomic E-state index is 12.0. The minimum Gasteiger partial charge on any atom is -0.353 e. The molecule has 1 atom stereocenters. The summed E-state index contributed by atoms with van der Waals surface area (Å²) < 4.78 is 57.4. The summed E-state index contributed by atoms with van der Waals surface area (Å²) in [6, 6.07) is 0. The molecule has 1 unspecified atom stereocenters. The van der Waals surface area contributed by atoms with E-state index in [9.17, 15) is 16.8 Å². The maximum absolute atomic E-state index is 12.0. The number of ether oxygens (including phenoxy) is 2. The summed E-state index contributed by atoms with van der Waals surface area (Å²) >= 11 is 0. The SMILES string of the molecule is CCS(=O)(=O)C(CCCOC1CCCCO1)S(=O)(=O)CC. The van der Waals surface area contributed by atoms with E-state index in [4.69, 9.17) is 9.47 Å². The van der Waals surface area contributed by atoms with Crippen LogP contribution in [0.5, 0.6) is 0 Å². The third kappa shape index (κ3) is 5.84. The van der Waals surface area contributed by atoms with Crippen LogP contribution in [0, 0.1) is 0 Å². The van der Waals surface area contributed by atoms with Crippen LogP contribution < -0.4 is 0 Å². The summed E-state index contributed by atoms with van der Waals surface area (Å²) in [4.78, 5) is 0. The molecule has 0 radical (unpaired) electrons. The van der Waals surface area contributed by atoms with Crippen molar-refractivity contribution in [2.24, 2.45) is 0 Å². The molecule has 1 rings (SSSR count). The fourth-order valence-electron chi connectivity index (χ4n) is 2.26. The standard InChI is InChI=1S/C13H26O6S2/c1-3-20(14,15)13(21(16,17)4-2)9-7-11-19-12-8-5-6-10-18-12/h12-13H,3-11H2,1-2H3. The second-order valence-electron chi connectivity index (χ2n) is 5.14. The molecule has 0 amide bonds. The Morgan fingerprint density at radius 1 is 1.10 bits per heavy atom. The van der Waals surface area contributed by atoms with Crippen LogP contribution in [-0.4, -0.2) is 52.4 Å². The minimum absolute atomic E-state index is 0.0824. The van der Waals surface area contributed by atoms with Crippen LogP contribution in [0.2, 0.25) is 0 Å². The highest BCUT2D eigenvalue weighted by Gasteiger charge is 2.34. The fraction of sp³-hybridized carbons (Fsp3) is 1.00. The van der Waals surface area contributed by atoms with E-state index in [0.29, 0.717) is 19.6 Å². The van der Waals surface area contributed by atoms with E-state index >= 15 is 0 Å². The van der Waals surface area contributed by atoms with Gasteiger partial charge in [-0.1, -0.05) is 13.8 Å². The van der Waals surface area contributed by atoms with Crippen LogP contribution in [0.1, 0.15) is 46.0 Å². The van der Waals surface area contributed by atoms with Gasteiger partial charge in [-0.3, -0.25) is 0 Å². The van der Waals surface area contributed by atoms with Gasteiger partial charge < -0.3 is 9.47 Å². The zero-order valence-corrected chi connectivity index (χ0v) is 14.4. The zero-order valence-electron chi connectivity index (χ0n) is 12.8. The molecular weight excluding hydrogens is 316 g/mol. The van der Waals surface area contributed by atoms with E-state index < -0.39 is 24.3 Å². The average Bonchev–Trinajstić information content (AvgIpc) is 2.47. The molecule has 0 aliphatic carbocycles. The average molecular weight is 342 g/mol. The predicted molar refractivity (Wildman–Crippen MR) is 81.5 cm³/mol. The van der Waals surface area contributed by atoms with Crippen molar-refractivity contribution >= 4 is 19.7 Å². The summed E-state index contributed by atoms with van der Waals surface area (Å²) in [6.45, 7) is 3.95. The molecule has 0 spiro atoms. The van der Waals surface area contributed by atoms with Crippen LogP contribution >= 0.6 is 0 Å². The molecule has 1 saturated heterocycles. The first-order valence-corrected chi connectivity index (χ1v) is 10.9. The summed E-state index contributed by atoms with van der Waals surface area (Å²) in [5.74, 6) is -0.326. The smallest absolute Gasteiger partial charge is 0.167 e. The first kappa shape index (κ1) is 18.9. The number of hydrogen-bond acceptors (Lipinski definition) is 6. The van der Waals surface area contributed by atoms with Crippen LogP contribution in [0.3, 0.4) is 0 Å². The third-order valence-electron chi connectivity index (χ3n) is 3.63. The Balaban J connectivity index is 2.50. The Labute approximate surface area is 128 Å². The number of hydrogen-bond donors (Lipinski definition) is 0. The van der Waals surface area contributed by atoms with Crippen LogP contribution in [0.4, 0.5) is 0 Å². The Bertz CT molecular complexity index is 457. The molecule has 1 fully saturated rings. The largest absolute Gasteiger partial charge is 0.353 e. The molecule has 0 aromatic carbocycles. The monoisotopic (exact) mass is 342 g/mol. The third-order valence-corrected chi connectivity index (χ3v) is 9.07. The van der Waals surface area contributed by atoms with Crippen molar-refractivity contribution in [3.05, 3.63) is 0 Å². The van der Waals surface area contributed by atoms with Gasteiger partial charge in [0.25, 0.3) is 0 Å². The molecule has 1 aliphatic rings. The quantitative estimate of drug-likeness (QED) is 0.590. The zero-order chi connectivity index (χ0) is 15.9. The van der Waals surface area contributed by atoms with Gasteiger partial charge in [0.2, 0.25) is 0 Å². The highest BCUT2D eigenvalue weighted by molar-refractivity contribution is 8.09. The van der Waals surface area contributed by atoms with Crippen molar-refractivity contribution in [2.75, 3.05) is 24.7 Å². The molecule has 0 saturated carbocycles. The van der Waals surface area contributed by atoms with Crippen molar-refractivity contribution in [3.63, 3.8) is 0 Å². The lowest BCUT2D eigenvalue weighted by atomic mass is 10.2. The molecule has 1 heterocycles. The van der Waals surface area contributed by atoms with Gasteiger partial charge in [-0.25, -0.2) is 16.8 Å². The molecule has 8 heteroatoms. The van der Waals surface area contributed by atoms with E-state index in [-0.39, 0.29) is 24.2 Å². The normalized spacial score (nSPS) is 20.8. The molecular formula is C13H26O6S2. The molecule has 0 bridgehead atoms. The van der Waals surface area contributed by atoms with Gasteiger partial charge in [-0.05, 0) is 32.1 Å². The molecule has 0 aromatic rings. The summed E-state index contributed by atoms with van der Waals surface area (Å²) in [6.07, 6.45) is 3.17. The van der Waals surface area contributed by atoms with Crippen molar-refractivity contribution in [1.29, 1.82) is 0 Å². The number of rotatable bonds is 9. The highest BCUT2D eigenvalue weighted by atomic mass is 32.3. The first-order chi connectivity index (χ1) is 9.83. The lowest BCUT2D eigenvalue weighted by Crippen LogP contribution is -2.33. The number of sulfone groups is 2. The molecule has 0 aromatic heterocycles. The highest BCUT2D eigenvalue weighted by Crippen LogP contribution is 2.19. The summed E-state index contributed by atoms with van der Waals surface area (Å²) in [5.41, 5.74) is 0. The topological polar surface area (TPSA) is 86.7 Å². The second kappa shape index (κ2) is 8.45. The van der Waals surface area contributed by atoms with E-state index in [2.05, 4.69) is 0 Å². The second-order valence-corrected chi connectivity index (χ2v) is 10.4. The van der Waals surface area contributed by atoms with Gasteiger partial charge in [0.15, 0.2) is 30.5 Å². The summed E-state index contributed by atoms with van der Waals surface area (Å²) in [5, 5.41) is 0. The maximum Gasteiger partial charge on any atom is 0.167 e. The minimum atomic E-state index is -3.61. The van der Waals surface area contributed by atoms with Crippen LogP contribution in [-0.2, 0) is 29.1 Å². The van der Waals surface area contributed by atoms with E-state index in [1.54, 1.807) is 0 Å². The van der Waals surface area contributed by atoms with Crippen molar-refractivity contribution < 1.29 is 26.3 Å². The van der Waals surface area contributed by atoms with Gasteiger partial charge in [0.05, 0.1) is 0 Å². The predicted octanol–water partition coefficient (Wildman–Crippen LogP) is 1.51. The lowest BCUT2D eigenvalue weighted by Gasteiger charge is -2.23. The van der Waals surface area contributed by atoms with Crippen molar-refractivity contribution in [1.82, 2.24) is 0 Å². The summed E-state index contributed by atoms with van der Waals surface area (Å²) in [7, 11) is -7.22. The Kier molecular flexibility index (Phi) is 7.59. The van der Waals surface area contributed by atoms with Gasteiger partial charge in [-0.15, -0.1) is 0 Å². The van der Waals surface area contributed by atoms with Gasteiger partial charge in [-0.2, -0.15) is 0 Å². The molecule has 6 nitrogen and oxygen atoms in total. The Morgan fingerprint density at radius 2 is 1.71 bits per heavy atom. The van der Waals surface area contributed by atoms with Gasteiger partial charge in [0.1, 0.15) is 0 Å². The van der Waals surface area contributed by atoms with Crippen molar-refractivity contribution in [3.8, 4) is 0 Å². The molecule has 0 N–H and O–H groups in total. The fourth-order valence-corrected chi connectivity index (χ4v) is 6.66. The van der Waals surface area contributed by atoms with Crippen molar-refractivity contribution in [2.45, 2.75) is 56.8 Å². The lowest BCUT2D eigenvalue weighted by molar-refractivity contribution is -0.162. The molecule has 1 aliphatic heterocycles.